The second kappa shape index (κ2) is 7.96. The Morgan fingerprint density at radius 3 is 2.85 bits per heavy atom. The number of halogens is 1. The summed E-state index contributed by atoms with van der Waals surface area (Å²) >= 11 is 1.58. The average molecular weight is 436 g/mol. The maximum atomic E-state index is 12.9. The van der Waals surface area contributed by atoms with Gasteiger partial charge >= 0.3 is 0 Å². The molecule has 4 rings (SSSR count). The number of nitrogens with zero attached hydrogens (tertiary/aromatic N) is 1. The standard InChI is InChI=1S/C17H25N3O4S2.ClH/c18-26(22,23)11-12-1-7-20(10-12)16(21)15-9-13-14(25-15)2-8-24-17(13)3-5-19-6-4-17;/h9,12,19H,1-8,10-11H2,(H2,18,22,23);1H. The number of fused-ring (bicyclic) bond motifs is 2. The number of likely N-dealkylation sites (tertiary alicyclic amines) is 1. The molecular weight excluding hydrogens is 410 g/mol. The number of rotatable bonds is 3. The summed E-state index contributed by atoms with van der Waals surface area (Å²) in [7, 11) is -3.50. The minimum absolute atomic E-state index is 0. The van der Waals surface area contributed by atoms with Gasteiger partial charge in [0.05, 0.1) is 22.8 Å². The summed E-state index contributed by atoms with van der Waals surface area (Å²) in [5, 5.41) is 8.52. The number of hydrogen-bond acceptors (Lipinski definition) is 6. The van der Waals surface area contributed by atoms with Crippen LogP contribution in [-0.2, 0) is 26.8 Å². The third-order valence-corrected chi connectivity index (χ3v) is 7.79. The predicted molar refractivity (Wildman–Crippen MR) is 107 cm³/mol. The summed E-state index contributed by atoms with van der Waals surface area (Å²) in [5.41, 5.74) is 0.952. The second-order valence-corrected chi connectivity index (χ2v) is 10.3. The van der Waals surface area contributed by atoms with Gasteiger partial charge < -0.3 is 15.0 Å². The molecule has 1 amide bonds. The van der Waals surface area contributed by atoms with E-state index in [4.69, 9.17) is 9.88 Å². The number of nitrogens with two attached hydrogens (primary N) is 1. The summed E-state index contributed by atoms with van der Waals surface area (Å²) in [6, 6.07) is 2.03. The van der Waals surface area contributed by atoms with Gasteiger partial charge in [0, 0.05) is 24.4 Å². The number of sulfonamides is 1. The van der Waals surface area contributed by atoms with Crippen LogP contribution in [0.1, 0.15) is 39.4 Å². The normalized spacial score (nSPS) is 24.5. The van der Waals surface area contributed by atoms with Gasteiger partial charge in [-0.3, -0.25) is 4.79 Å². The number of primary sulfonamides is 1. The van der Waals surface area contributed by atoms with Crippen molar-refractivity contribution in [2.24, 2.45) is 11.1 Å². The first-order valence-corrected chi connectivity index (χ1v) is 11.7. The van der Waals surface area contributed by atoms with Crippen molar-refractivity contribution in [1.82, 2.24) is 10.2 Å². The molecule has 152 valence electrons. The maximum absolute atomic E-state index is 12.9. The Hall–Kier alpha value is -0.710. The Morgan fingerprint density at radius 2 is 2.15 bits per heavy atom. The molecule has 0 radical (unpaired) electrons. The summed E-state index contributed by atoms with van der Waals surface area (Å²) in [4.78, 5) is 16.7. The van der Waals surface area contributed by atoms with Gasteiger partial charge in [-0.05, 0) is 49.9 Å². The van der Waals surface area contributed by atoms with Crippen LogP contribution in [0.15, 0.2) is 6.07 Å². The van der Waals surface area contributed by atoms with Crippen molar-refractivity contribution in [2.45, 2.75) is 31.3 Å². The van der Waals surface area contributed by atoms with Crippen LogP contribution in [0.2, 0.25) is 0 Å². The number of thiophene rings is 1. The molecule has 0 aliphatic carbocycles. The van der Waals surface area contributed by atoms with Gasteiger partial charge in [-0.1, -0.05) is 0 Å². The van der Waals surface area contributed by atoms with E-state index in [-0.39, 0.29) is 35.6 Å². The minimum atomic E-state index is -3.50. The van der Waals surface area contributed by atoms with Crippen LogP contribution in [0.3, 0.4) is 0 Å². The number of carbonyl (C=O) groups is 1. The third kappa shape index (κ3) is 4.33. The Kier molecular flexibility index (Phi) is 6.20. The largest absolute Gasteiger partial charge is 0.370 e. The van der Waals surface area contributed by atoms with Gasteiger partial charge in [-0.2, -0.15) is 0 Å². The SMILES string of the molecule is Cl.NS(=O)(=O)CC1CCN(C(=O)c2cc3c(s2)CCOC32CCNCC2)C1. The van der Waals surface area contributed by atoms with Gasteiger partial charge in [0.15, 0.2) is 0 Å². The molecule has 3 aliphatic heterocycles. The van der Waals surface area contributed by atoms with Crippen molar-refractivity contribution in [3.05, 3.63) is 21.4 Å². The lowest BCUT2D eigenvalue weighted by Gasteiger charge is -2.40. The van der Waals surface area contributed by atoms with Gasteiger partial charge in [-0.15, -0.1) is 23.7 Å². The number of ether oxygens (including phenoxy) is 1. The van der Waals surface area contributed by atoms with Crippen molar-refractivity contribution < 1.29 is 17.9 Å². The first-order chi connectivity index (χ1) is 12.4. The lowest BCUT2D eigenvalue weighted by molar-refractivity contribution is -0.0792. The zero-order valence-electron chi connectivity index (χ0n) is 15.1. The van der Waals surface area contributed by atoms with Crippen molar-refractivity contribution in [3.8, 4) is 0 Å². The van der Waals surface area contributed by atoms with Gasteiger partial charge in [0.25, 0.3) is 5.91 Å². The molecule has 7 nitrogen and oxygen atoms in total. The van der Waals surface area contributed by atoms with Crippen molar-refractivity contribution >= 4 is 39.7 Å². The van der Waals surface area contributed by atoms with Crippen LogP contribution < -0.4 is 10.5 Å². The molecule has 2 fully saturated rings. The van der Waals surface area contributed by atoms with E-state index in [1.54, 1.807) is 16.2 Å². The Labute approximate surface area is 170 Å². The smallest absolute Gasteiger partial charge is 0.263 e. The summed E-state index contributed by atoms with van der Waals surface area (Å²) in [6.45, 7) is 3.62. The molecule has 0 bridgehead atoms. The van der Waals surface area contributed by atoms with E-state index >= 15 is 0 Å². The van der Waals surface area contributed by atoms with Crippen LogP contribution in [0.5, 0.6) is 0 Å². The quantitative estimate of drug-likeness (QED) is 0.739. The van der Waals surface area contributed by atoms with Crippen LogP contribution in [0, 0.1) is 5.92 Å². The molecule has 3 aliphatic rings. The Balaban J connectivity index is 0.00000210. The molecule has 1 aromatic heterocycles. The summed E-state index contributed by atoms with van der Waals surface area (Å²) < 4.78 is 28.8. The molecule has 0 saturated carbocycles. The minimum Gasteiger partial charge on any atom is -0.370 e. The summed E-state index contributed by atoms with van der Waals surface area (Å²) in [6.07, 6.45) is 3.41. The average Bonchev–Trinajstić information content (AvgIpc) is 3.21. The predicted octanol–water partition coefficient (Wildman–Crippen LogP) is 1.07. The highest BCUT2D eigenvalue weighted by atomic mass is 35.5. The molecule has 1 aromatic rings. The lowest BCUT2D eigenvalue weighted by Crippen LogP contribution is -2.44. The monoisotopic (exact) mass is 435 g/mol. The van der Waals surface area contributed by atoms with Crippen LogP contribution in [-0.4, -0.2) is 57.8 Å². The van der Waals surface area contributed by atoms with E-state index in [2.05, 4.69) is 5.32 Å². The number of carbonyl (C=O) groups excluding carboxylic acids is 1. The molecule has 0 aromatic carbocycles. The zero-order chi connectivity index (χ0) is 18.4. The fourth-order valence-corrected chi connectivity index (χ4v) is 6.53. The first-order valence-electron chi connectivity index (χ1n) is 9.14. The first kappa shape index (κ1) is 21.0. The van der Waals surface area contributed by atoms with Crippen molar-refractivity contribution in [2.75, 3.05) is 38.5 Å². The molecule has 3 N–H and O–H groups in total. The molecule has 1 unspecified atom stereocenters. The second-order valence-electron chi connectivity index (χ2n) is 7.53. The number of nitrogens with one attached hydrogen (secondary N) is 1. The highest BCUT2D eigenvalue weighted by Gasteiger charge is 2.41. The van der Waals surface area contributed by atoms with Gasteiger partial charge in [0.2, 0.25) is 10.0 Å². The highest BCUT2D eigenvalue weighted by molar-refractivity contribution is 7.89. The Bertz CT molecular complexity index is 805. The van der Waals surface area contributed by atoms with Crippen molar-refractivity contribution in [1.29, 1.82) is 0 Å². The Morgan fingerprint density at radius 1 is 1.41 bits per heavy atom. The number of piperidine rings is 1. The van der Waals surface area contributed by atoms with Gasteiger partial charge in [0.1, 0.15) is 0 Å². The number of hydrogen-bond donors (Lipinski definition) is 2. The zero-order valence-corrected chi connectivity index (χ0v) is 17.6. The molecule has 2 saturated heterocycles. The molecular formula is C17H26ClN3O4S2. The molecule has 4 heterocycles. The molecule has 1 atom stereocenters. The van der Waals surface area contributed by atoms with Gasteiger partial charge in [-0.25, -0.2) is 13.6 Å². The van der Waals surface area contributed by atoms with Crippen LogP contribution in [0.4, 0.5) is 0 Å². The van der Waals surface area contributed by atoms with E-state index in [0.717, 1.165) is 37.2 Å². The molecule has 10 heteroatoms. The number of amides is 1. The lowest BCUT2D eigenvalue weighted by atomic mass is 9.83. The van der Waals surface area contributed by atoms with E-state index in [1.807, 2.05) is 6.07 Å². The van der Waals surface area contributed by atoms with E-state index in [9.17, 15) is 13.2 Å². The van der Waals surface area contributed by atoms with Crippen molar-refractivity contribution in [3.63, 3.8) is 0 Å². The maximum Gasteiger partial charge on any atom is 0.263 e. The third-order valence-electron chi connectivity index (χ3n) is 5.67. The molecule has 1 spiro atoms. The fraction of sp³-hybridized carbons (Fsp3) is 0.706. The summed E-state index contributed by atoms with van der Waals surface area (Å²) in [5.74, 6) is -0.116. The highest BCUT2D eigenvalue weighted by Crippen LogP contribution is 2.43. The fourth-order valence-electron chi connectivity index (χ4n) is 4.40. The topological polar surface area (TPSA) is 102 Å². The van der Waals surface area contributed by atoms with Crippen LogP contribution >= 0.6 is 23.7 Å². The van der Waals surface area contributed by atoms with Crippen LogP contribution in [0.25, 0.3) is 0 Å². The van der Waals surface area contributed by atoms with E-state index in [0.29, 0.717) is 26.1 Å². The van der Waals surface area contributed by atoms with E-state index in [1.165, 1.54) is 10.4 Å². The molecule has 27 heavy (non-hydrogen) atoms. The van der Waals surface area contributed by atoms with E-state index < -0.39 is 10.0 Å².